The molecule has 1 aliphatic rings. The summed E-state index contributed by atoms with van der Waals surface area (Å²) < 4.78 is 0. The van der Waals surface area contributed by atoms with Gasteiger partial charge < -0.3 is 10.2 Å². The van der Waals surface area contributed by atoms with E-state index >= 15 is 0 Å². The van der Waals surface area contributed by atoms with Gasteiger partial charge in [0.05, 0.1) is 5.56 Å². The van der Waals surface area contributed by atoms with Crippen LogP contribution >= 0.6 is 0 Å². The molecule has 4 heteroatoms. The van der Waals surface area contributed by atoms with Gasteiger partial charge in [-0.15, -0.1) is 0 Å². The van der Waals surface area contributed by atoms with Crippen molar-refractivity contribution in [3.05, 3.63) is 53.9 Å². The summed E-state index contributed by atoms with van der Waals surface area (Å²) in [5.41, 5.74) is 3.94. The number of amides is 1. The standard InChI is InChI=1S/C15H15N3O/c1-18-8-6-11-9-13(4-5-14(11)18)17-15(19)12-3-2-7-16-10-12/h2-5,7,9-10H,6,8H2,1H3,(H,17,19). The predicted octanol–water partition coefficient (Wildman–Crippen LogP) is 2.33. The molecule has 1 aromatic carbocycles. The van der Waals surface area contributed by atoms with Gasteiger partial charge in [0.1, 0.15) is 0 Å². The quantitative estimate of drug-likeness (QED) is 0.893. The van der Waals surface area contributed by atoms with Crippen LogP contribution in [0.25, 0.3) is 0 Å². The summed E-state index contributed by atoms with van der Waals surface area (Å²) in [6.45, 7) is 1.04. The molecule has 1 N–H and O–H groups in total. The van der Waals surface area contributed by atoms with Crippen molar-refractivity contribution in [2.45, 2.75) is 6.42 Å². The highest BCUT2D eigenvalue weighted by atomic mass is 16.1. The van der Waals surface area contributed by atoms with E-state index in [4.69, 9.17) is 0 Å². The fraction of sp³-hybridized carbons (Fsp3) is 0.200. The smallest absolute Gasteiger partial charge is 0.257 e. The van der Waals surface area contributed by atoms with Crippen molar-refractivity contribution in [2.75, 3.05) is 23.8 Å². The highest BCUT2D eigenvalue weighted by Gasteiger charge is 2.16. The largest absolute Gasteiger partial charge is 0.374 e. The number of carbonyl (C=O) groups excluding carboxylic acids is 1. The topological polar surface area (TPSA) is 45.2 Å². The van der Waals surface area contributed by atoms with E-state index in [9.17, 15) is 4.79 Å². The van der Waals surface area contributed by atoms with Crippen LogP contribution < -0.4 is 10.2 Å². The lowest BCUT2D eigenvalue weighted by Gasteiger charge is -2.12. The summed E-state index contributed by atoms with van der Waals surface area (Å²) in [7, 11) is 2.08. The number of hydrogen-bond donors (Lipinski definition) is 1. The molecule has 0 aliphatic carbocycles. The Balaban J connectivity index is 1.80. The second-order valence-electron chi connectivity index (χ2n) is 4.71. The molecule has 0 unspecified atom stereocenters. The Bertz CT molecular complexity index is 610. The number of pyridine rings is 1. The summed E-state index contributed by atoms with van der Waals surface area (Å²) in [6, 6.07) is 9.55. The lowest BCUT2D eigenvalue weighted by atomic mass is 10.1. The van der Waals surface area contributed by atoms with Crippen molar-refractivity contribution in [1.29, 1.82) is 0 Å². The Morgan fingerprint density at radius 2 is 2.26 bits per heavy atom. The number of carbonyl (C=O) groups is 1. The molecule has 0 fully saturated rings. The van der Waals surface area contributed by atoms with Crippen LogP contribution in [0.5, 0.6) is 0 Å². The van der Waals surface area contributed by atoms with E-state index in [1.807, 2.05) is 12.1 Å². The van der Waals surface area contributed by atoms with E-state index in [0.29, 0.717) is 5.56 Å². The molecule has 4 nitrogen and oxygen atoms in total. The Hall–Kier alpha value is -2.36. The minimum Gasteiger partial charge on any atom is -0.374 e. The fourth-order valence-electron chi connectivity index (χ4n) is 2.34. The van der Waals surface area contributed by atoms with Crippen LogP contribution in [0.3, 0.4) is 0 Å². The van der Waals surface area contributed by atoms with E-state index in [2.05, 4.69) is 28.3 Å². The summed E-state index contributed by atoms with van der Waals surface area (Å²) in [5, 5.41) is 2.91. The maximum absolute atomic E-state index is 12.0. The van der Waals surface area contributed by atoms with Gasteiger partial charge in [-0.25, -0.2) is 0 Å². The molecule has 3 rings (SSSR count). The van der Waals surface area contributed by atoms with Crippen molar-refractivity contribution in [3.8, 4) is 0 Å². The molecule has 0 atom stereocenters. The first-order valence-electron chi connectivity index (χ1n) is 6.29. The highest BCUT2D eigenvalue weighted by molar-refractivity contribution is 6.04. The zero-order valence-corrected chi connectivity index (χ0v) is 10.8. The van der Waals surface area contributed by atoms with Crippen molar-refractivity contribution in [3.63, 3.8) is 0 Å². The third-order valence-corrected chi connectivity index (χ3v) is 3.39. The van der Waals surface area contributed by atoms with Crippen molar-refractivity contribution >= 4 is 17.3 Å². The first kappa shape index (κ1) is 11.7. The first-order chi connectivity index (χ1) is 9.24. The lowest BCUT2D eigenvalue weighted by Crippen LogP contribution is -2.13. The number of aromatic nitrogens is 1. The number of likely N-dealkylation sites (N-methyl/N-ethyl adjacent to an activating group) is 1. The highest BCUT2D eigenvalue weighted by Crippen LogP contribution is 2.29. The number of hydrogen-bond acceptors (Lipinski definition) is 3. The predicted molar refractivity (Wildman–Crippen MR) is 75.6 cm³/mol. The van der Waals surface area contributed by atoms with Crippen LogP contribution in [-0.2, 0) is 6.42 Å². The number of nitrogens with one attached hydrogen (secondary N) is 1. The zero-order chi connectivity index (χ0) is 13.2. The van der Waals surface area contributed by atoms with Gasteiger partial charge in [-0.1, -0.05) is 0 Å². The summed E-state index contributed by atoms with van der Waals surface area (Å²) >= 11 is 0. The number of benzene rings is 1. The Morgan fingerprint density at radius 1 is 1.37 bits per heavy atom. The molecule has 1 amide bonds. The van der Waals surface area contributed by atoms with Crippen LogP contribution in [0, 0.1) is 0 Å². The molecule has 0 saturated carbocycles. The van der Waals surface area contributed by atoms with Gasteiger partial charge in [-0.2, -0.15) is 0 Å². The van der Waals surface area contributed by atoms with E-state index in [1.54, 1.807) is 24.5 Å². The summed E-state index contributed by atoms with van der Waals surface area (Å²) in [5.74, 6) is -0.126. The van der Waals surface area contributed by atoms with Crippen molar-refractivity contribution in [1.82, 2.24) is 4.98 Å². The molecular formula is C15H15N3O. The third-order valence-electron chi connectivity index (χ3n) is 3.39. The van der Waals surface area contributed by atoms with Crippen LogP contribution in [-0.4, -0.2) is 24.5 Å². The van der Waals surface area contributed by atoms with Gasteiger partial charge in [-0.05, 0) is 42.3 Å². The van der Waals surface area contributed by atoms with Crippen LogP contribution in [0.4, 0.5) is 11.4 Å². The maximum atomic E-state index is 12.0. The third kappa shape index (κ3) is 2.29. The van der Waals surface area contributed by atoms with E-state index in [1.165, 1.54) is 11.3 Å². The monoisotopic (exact) mass is 253 g/mol. The molecule has 0 radical (unpaired) electrons. The lowest BCUT2D eigenvalue weighted by molar-refractivity contribution is 0.102. The van der Waals surface area contributed by atoms with Crippen LogP contribution in [0.2, 0.25) is 0 Å². The molecule has 19 heavy (non-hydrogen) atoms. The number of anilines is 2. The molecule has 96 valence electrons. The molecule has 2 heterocycles. The van der Waals surface area contributed by atoms with Gasteiger partial charge in [0.25, 0.3) is 5.91 Å². The maximum Gasteiger partial charge on any atom is 0.257 e. The van der Waals surface area contributed by atoms with E-state index in [0.717, 1.165) is 18.7 Å². The molecule has 1 aromatic heterocycles. The normalized spacial score (nSPS) is 13.2. The molecule has 0 bridgehead atoms. The van der Waals surface area contributed by atoms with Gasteiger partial charge in [-0.3, -0.25) is 9.78 Å². The molecule has 2 aromatic rings. The number of rotatable bonds is 2. The summed E-state index contributed by atoms with van der Waals surface area (Å²) in [6.07, 6.45) is 4.25. The minimum absolute atomic E-state index is 0.126. The molecule has 1 aliphatic heterocycles. The Labute approximate surface area is 112 Å². The number of nitrogens with zero attached hydrogens (tertiary/aromatic N) is 2. The number of fused-ring (bicyclic) bond motifs is 1. The van der Waals surface area contributed by atoms with E-state index < -0.39 is 0 Å². The first-order valence-corrected chi connectivity index (χ1v) is 6.29. The van der Waals surface area contributed by atoms with Crippen LogP contribution in [0.1, 0.15) is 15.9 Å². The second kappa shape index (κ2) is 4.72. The van der Waals surface area contributed by atoms with Crippen molar-refractivity contribution < 1.29 is 4.79 Å². The minimum atomic E-state index is -0.126. The van der Waals surface area contributed by atoms with Gasteiger partial charge >= 0.3 is 0 Å². The Kier molecular flexibility index (Phi) is 2.91. The van der Waals surface area contributed by atoms with Crippen molar-refractivity contribution in [2.24, 2.45) is 0 Å². The van der Waals surface area contributed by atoms with E-state index in [-0.39, 0.29) is 5.91 Å². The summed E-state index contributed by atoms with van der Waals surface area (Å²) in [4.78, 5) is 18.2. The zero-order valence-electron chi connectivity index (χ0n) is 10.8. The molecular weight excluding hydrogens is 238 g/mol. The average molecular weight is 253 g/mol. The van der Waals surface area contributed by atoms with Gasteiger partial charge in [0, 0.05) is 37.4 Å². The SMILES string of the molecule is CN1CCc2cc(NC(=O)c3cccnc3)ccc21. The molecule has 0 saturated heterocycles. The van der Waals surface area contributed by atoms with Gasteiger partial charge in [0.15, 0.2) is 0 Å². The fourth-order valence-corrected chi connectivity index (χ4v) is 2.34. The Morgan fingerprint density at radius 3 is 3.05 bits per heavy atom. The second-order valence-corrected chi connectivity index (χ2v) is 4.71. The van der Waals surface area contributed by atoms with Gasteiger partial charge in [0.2, 0.25) is 0 Å². The van der Waals surface area contributed by atoms with Crippen LogP contribution in [0.15, 0.2) is 42.7 Å². The average Bonchev–Trinajstić information content (AvgIpc) is 2.81. The molecule has 0 spiro atoms.